The second kappa shape index (κ2) is 3.96. The molecule has 2 aliphatic rings. The molecule has 0 aromatic carbocycles. The highest BCUT2D eigenvalue weighted by Gasteiger charge is 2.14. The van der Waals surface area contributed by atoms with Gasteiger partial charge in [-0.2, -0.15) is 0 Å². The Balaban J connectivity index is 1.97. The molecule has 0 radical (unpaired) electrons. The van der Waals surface area contributed by atoms with E-state index in [0.717, 1.165) is 32.1 Å². The van der Waals surface area contributed by atoms with Gasteiger partial charge in [0.15, 0.2) is 0 Å². The summed E-state index contributed by atoms with van der Waals surface area (Å²) in [7, 11) is 0. The molecular weight excluding hydrogens is 172 g/mol. The average molecular weight is 184 g/mol. The molecule has 2 aliphatic heterocycles. The van der Waals surface area contributed by atoms with Crippen molar-refractivity contribution in [1.82, 2.24) is 4.90 Å². The zero-order chi connectivity index (χ0) is 8.23. The van der Waals surface area contributed by atoms with E-state index in [1.54, 1.807) is 0 Å². The maximum Gasteiger partial charge on any atom is 0.0898 e. The third-order valence-corrected chi connectivity index (χ3v) is 2.89. The third kappa shape index (κ3) is 1.81. The van der Waals surface area contributed by atoms with E-state index in [2.05, 4.69) is 9.89 Å². The minimum absolute atomic E-state index is 0.849. The topological polar surface area (TPSA) is 24.8 Å². The number of morpholine rings is 1. The highest BCUT2D eigenvalue weighted by Crippen LogP contribution is 2.22. The van der Waals surface area contributed by atoms with Gasteiger partial charge in [0.2, 0.25) is 0 Å². The van der Waals surface area contributed by atoms with Gasteiger partial charge in [0.05, 0.1) is 24.4 Å². The summed E-state index contributed by atoms with van der Waals surface area (Å²) in [4.78, 5) is 6.48. The van der Waals surface area contributed by atoms with Crippen molar-refractivity contribution in [2.75, 3.05) is 32.1 Å². The van der Waals surface area contributed by atoms with Crippen LogP contribution in [-0.4, -0.2) is 43.2 Å². The highest BCUT2D eigenvalue weighted by molar-refractivity contribution is 8.03. The van der Waals surface area contributed by atoms with Crippen LogP contribution in [0.25, 0.3) is 0 Å². The van der Waals surface area contributed by atoms with E-state index in [1.165, 1.54) is 5.03 Å². The van der Waals surface area contributed by atoms with Gasteiger partial charge in [0, 0.05) is 25.1 Å². The number of hydrogen-bond donors (Lipinski definition) is 0. The zero-order valence-corrected chi connectivity index (χ0v) is 7.72. The van der Waals surface area contributed by atoms with Crippen LogP contribution in [-0.2, 0) is 4.74 Å². The van der Waals surface area contributed by atoms with Crippen molar-refractivity contribution in [3.63, 3.8) is 0 Å². The molecule has 1 fully saturated rings. The maximum atomic E-state index is 5.27. The minimum atomic E-state index is 0.849. The standard InChI is InChI=1S/C8H12N2OS/c1-6-12-8(7-9-1)10-2-4-11-5-3-10/h1,7H,2-6H2. The van der Waals surface area contributed by atoms with Crippen molar-refractivity contribution in [3.05, 3.63) is 11.2 Å². The van der Waals surface area contributed by atoms with Crippen LogP contribution in [0.5, 0.6) is 0 Å². The molecule has 0 spiro atoms. The summed E-state index contributed by atoms with van der Waals surface area (Å²) in [6.45, 7) is 3.71. The number of hydrogen-bond acceptors (Lipinski definition) is 4. The Morgan fingerprint density at radius 1 is 1.42 bits per heavy atom. The Morgan fingerprint density at radius 3 is 2.92 bits per heavy atom. The lowest BCUT2D eigenvalue weighted by molar-refractivity contribution is 0.0575. The summed E-state index contributed by atoms with van der Waals surface area (Å²) in [5.41, 5.74) is 0. The Bertz CT molecular complexity index is 209. The molecule has 0 aromatic rings. The van der Waals surface area contributed by atoms with E-state index in [1.807, 2.05) is 24.2 Å². The van der Waals surface area contributed by atoms with Gasteiger partial charge in [0.1, 0.15) is 0 Å². The van der Waals surface area contributed by atoms with E-state index in [4.69, 9.17) is 4.74 Å². The molecule has 1 saturated heterocycles. The second-order valence-electron chi connectivity index (χ2n) is 2.71. The van der Waals surface area contributed by atoms with Crippen molar-refractivity contribution in [3.8, 4) is 0 Å². The first-order valence-corrected chi connectivity index (χ1v) is 5.13. The van der Waals surface area contributed by atoms with Gasteiger partial charge in [-0.3, -0.25) is 4.99 Å². The van der Waals surface area contributed by atoms with Crippen molar-refractivity contribution in [2.45, 2.75) is 0 Å². The molecule has 66 valence electrons. The Labute approximate surface area is 76.5 Å². The fourth-order valence-electron chi connectivity index (χ4n) is 1.28. The average Bonchev–Trinajstić information content (AvgIpc) is 2.21. The number of rotatable bonds is 1. The Morgan fingerprint density at radius 2 is 2.25 bits per heavy atom. The van der Waals surface area contributed by atoms with Crippen molar-refractivity contribution in [1.29, 1.82) is 0 Å². The smallest absolute Gasteiger partial charge is 0.0898 e. The number of thioether (sulfide) groups is 1. The number of nitrogens with zero attached hydrogens (tertiary/aromatic N) is 2. The normalized spacial score (nSPS) is 24.0. The molecule has 12 heavy (non-hydrogen) atoms. The predicted octanol–water partition coefficient (Wildman–Crippen LogP) is 0.935. The van der Waals surface area contributed by atoms with E-state index < -0.39 is 0 Å². The second-order valence-corrected chi connectivity index (χ2v) is 3.75. The SMILES string of the molecule is C1=NC=C(N2CCOCC2)SC1. The third-order valence-electron chi connectivity index (χ3n) is 1.92. The number of ether oxygens (including phenoxy) is 1. The largest absolute Gasteiger partial charge is 0.378 e. The fraction of sp³-hybridized carbons (Fsp3) is 0.625. The van der Waals surface area contributed by atoms with Gasteiger partial charge in [-0.25, -0.2) is 0 Å². The zero-order valence-electron chi connectivity index (χ0n) is 6.90. The van der Waals surface area contributed by atoms with Crippen LogP contribution in [0.15, 0.2) is 16.2 Å². The van der Waals surface area contributed by atoms with Crippen LogP contribution in [0.2, 0.25) is 0 Å². The monoisotopic (exact) mass is 184 g/mol. The lowest BCUT2D eigenvalue weighted by Crippen LogP contribution is -2.35. The first-order chi connectivity index (χ1) is 5.97. The Kier molecular flexibility index (Phi) is 2.68. The van der Waals surface area contributed by atoms with E-state index in [0.29, 0.717) is 0 Å². The van der Waals surface area contributed by atoms with Crippen LogP contribution in [0, 0.1) is 0 Å². The van der Waals surface area contributed by atoms with Gasteiger partial charge in [-0.15, -0.1) is 11.8 Å². The van der Waals surface area contributed by atoms with Crippen LogP contribution >= 0.6 is 11.8 Å². The molecule has 0 unspecified atom stereocenters. The molecule has 2 heterocycles. The van der Waals surface area contributed by atoms with Crippen molar-refractivity contribution < 1.29 is 4.74 Å². The molecule has 0 aliphatic carbocycles. The number of aliphatic imine (C=N–C) groups is 1. The summed E-state index contributed by atoms with van der Waals surface area (Å²) >= 11 is 1.85. The fourth-order valence-corrected chi connectivity index (χ4v) is 2.11. The quantitative estimate of drug-likeness (QED) is 0.606. The molecule has 0 aromatic heterocycles. The van der Waals surface area contributed by atoms with E-state index in [9.17, 15) is 0 Å². The summed E-state index contributed by atoms with van der Waals surface area (Å²) in [5.74, 6) is 1.00. The molecule has 0 saturated carbocycles. The molecule has 4 heteroatoms. The van der Waals surface area contributed by atoms with Crippen LogP contribution < -0.4 is 0 Å². The Hall–Kier alpha value is -0.480. The highest BCUT2D eigenvalue weighted by atomic mass is 32.2. The predicted molar refractivity (Wildman–Crippen MR) is 51.4 cm³/mol. The van der Waals surface area contributed by atoms with Gasteiger partial charge in [-0.05, 0) is 0 Å². The lowest BCUT2D eigenvalue weighted by atomic mass is 10.4. The van der Waals surface area contributed by atoms with Gasteiger partial charge < -0.3 is 9.64 Å². The molecular formula is C8H12N2OS. The van der Waals surface area contributed by atoms with Crippen LogP contribution in [0.4, 0.5) is 0 Å². The molecule has 0 atom stereocenters. The first-order valence-electron chi connectivity index (χ1n) is 4.14. The van der Waals surface area contributed by atoms with Gasteiger partial charge in [-0.1, -0.05) is 0 Å². The first kappa shape index (κ1) is 8.13. The van der Waals surface area contributed by atoms with Crippen molar-refractivity contribution in [2.24, 2.45) is 4.99 Å². The van der Waals surface area contributed by atoms with Crippen LogP contribution in [0.1, 0.15) is 0 Å². The van der Waals surface area contributed by atoms with Crippen molar-refractivity contribution >= 4 is 18.0 Å². The summed E-state index contributed by atoms with van der Waals surface area (Å²) in [6.07, 6.45) is 3.88. The summed E-state index contributed by atoms with van der Waals surface area (Å²) < 4.78 is 5.27. The maximum absolute atomic E-state index is 5.27. The summed E-state index contributed by atoms with van der Waals surface area (Å²) in [5, 5.41) is 1.29. The van der Waals surface area contributed by atoms with Gasteiger partial charge in [0.25, 0.3) is 0 Å². The van der Waals surface area contributed by atoms with E-state index in [-0.39, 0.29) is 0 Å². The molecule has 3 nitrogen and oxygen atoms in total. The summed E-state index contributed by atoms with van der Waals surface area (Å²) in [6, 6.07) is 0. The van der Waals surface area contributed by atoms with Gasteiger partial charge >= 0.3 is 0 Å². The molecule has 0 bridgehead atoms. The molecule has 0 amide bonds. The molecule has 0 N–H and O–H groups in total. The lowest BCUT2D eigenvalue weighted by Gasteiger charge is -2.30. The van der Waals surface area contributed by atoms with Crippen LogP contribution in [0.3, 0.4) is 0 Å². The minimum Gasteiger partial charge on any atom is -0.378 e. The van der Waals surface area contributed by atoms with E-state index >= 15 is 0 Å². The molecule has 2 rings (SSSR count).